The maximum absolute atomic E-state index is 11.9. The second-order valence-corrected chi connectivity index (χ2v) is 5.32. The molecule has 1 aromatic rings. The molecular formula is C17H25NO3. The summed E-state index contributed by atoms with van der Waals surface area (Å²) in [7, 11) is 0. The minimum absolute atomic E-state index is 0.00915. The molecule has 4 nitrogen and oxygen atoms in total. The van der Waals surface area contributed by atoms with Gasteiger partial charge in [-0.05, 0) is 30.4 Å². The summed E-state index contributed by atoms with van der Waals surface area (Å²) in [4.78, 5) is 22.7. The molecule has 0 aromatic heterocycles. The lowest BCUT2D eigenvalue weighted by molar-refractivity contribution is -0.137. The average molecular weight is 291 g/mol. The van der Waals surface area contributed by atoms with Crippen LogP contribution in [0.25, 0.3) is 0 Å². The molecular weight excluding hydrogens is 266 g/mol. The number of aliphatic carboxylic acids is 1. The molecule has 1 atom stereocenters. The van der Waals surface area contributed by atoms with E-state index in [4.69, 9.17) is 5.11 Å². The summed E-state index contributed by atoms with van der Waals surface area (Å²) in [5, 5.41) is 11.7. The van der Waals surface area contributed by atoms with Crippen LogP contribution in [0.15, 0.2) is 24.3 Å². The van der Waals surface area contributed by atoms with Gasteiger partial charge in [-0.1, -0.05) is 44.5 Å². The molecule has 0 saturated carbocycles. The summed E-state index contributed by atoms with van der Waals surface area (Å²) in [6.07, 6.45) is 3.63. The Balaban J connectivity index is 2.42. The maximum Gasteiger partial charge on any atom is 0.305 e. The van der Waals surface area contributed by atoms with Crippen LogP contribution in [0.5, 0.6) is 0 Å². The van der Waals surface area contributed by atoms with Crippen LogP contribution in [0.2, 0.25) is 0 Å². The van der Waals surface area contributed by atoms with E-state index in [9.17, 15) is 9.59 Å². The van der Waals surface area contributed by atoms with Crippen LogP contribution in [-0.4, -0.2) is 23.0 Å². The predicted octanol–water partition coefficient (Wildman–Crippen LogP) is 2.94. The molecule has 21 heavy (non-hydrogen) atoms. The molecule has 0 heterocycles. The zero-order valence-electron chi connectivity index (χ0n) is 12.9. The number of carbonyl (C=O) groups excluding carboxylic acids is 1. The highest BCUT2D eigenvalue weighted by Gasteiger charge is 2.14. The summed E-state index contributed by atoms with van der Waals surface area (Å²) in [6, 6.07) is 8.00. The van der Waals surface area contributed by atoms with Crippen LogP contribution in [0.4, 0.5) is 0 Å². The summed E-state index contributed by atoms with van der Waals surface area (Å²) in [5.41, 5.74) is 2.42. The first-order chi connectivity index (χ1) is 10.0. The molecule has 1 rings (SSSR count). The Labute approximate surface area is 126 Å². The van der Waals surface area contributed by atoms with Crippen molar-refractivity contribution in [1.82, 2.24) is 5.32 Å². The monoisotopic (exact) mass is 291 g/mol. The fourth-order valence-corrected chi connectivity index (χ4v) is 2.28. The highest BCUT2D eigenvalue weighted by atomic mass is 16.4. The van der Waals surface area contributed by atoms with Crippen molar-refractivity contribution in [1.29, 1.82) is 0 Å². The topological polar surface area (TPSA) is 66.4 Å². The first-order valence-electron chi connectivity index (χ1n) is 7.64. The van der Waals surface area contributed by atoms with E-state index in [0.29, 0.717) is 19.3 Å². The van der Waals surface area contributed by atoms with Crippen molar-refractivity contribution in [3.63, 3.8) is 0 Å². The minimum atomic E-state index is -0.871. The molecule has 0 fully saturated rings. The molecule has 1 unspecified atom stereocenters. The largest absolute Gasteiger partial charge is 0.481 e. The fourth-order valence-electron chi connectivity index (χ4n) is 2.28. The Bertz CT molecular complexity index is 454. The van der Waals surface area contributed by atoms with Crippen molar-refractivity contribution in [2.24, 2.45) is 0 Å². The van der Waals surface area contributed by atoms with Crippen molar-refractivity contribution in [2.75, 3.05) is 0 Å². The van der Waals surface area contributed by atoms with Gasteiger partial charge in [0.25, 0.3) is 0 Å². The number of carbonyl (C=O) groups is 2. The van der Waals surface area contributed by atoms with Crippen LogP contribution in [0.1, 0.15) is 50.7 Å². The molecule has 0 aliphatic heterocycles. The summed E-state index contributed by atoms with van der Waals surface area (Å²) in [5.74, 6) is -0.946. The normalized spacial score (nSPS) is 11.9. The van der Waals surface area contributed by atoms with E-state index in [-0.39, 0.29) is 18.4 Å². The maximum atomic E-state index is 11.9. The van der Waals surface area contributed by atoms with Crippen molar-refractivity contribution >= 4 is 11.9 Å². The number of carboxylic acids is 1. The molecule has 0 bridgehead atoms. The number of carboxylic acid groups (broad SMARTS) is 1. The molecule has 0 aliphatic carbocycles. The zero-order valence-corrected chi connectivity index (χ0v) is 12.9. The number of benzene rings is 1. The van der Waals surface area contributed by atoms with Gasteiger partial charge in [0.1, 0.15) is 0 Å². The van der Waals surface area contributed by atoms with E-state index in [1.807, 2.05) is 19.1 Å². The van der Waals surface area contributed by atoms with Crippen LogP contribution in [0, 0.1) is 0 Å². The number of hydrogen-bond donors (Lipinski definition) is 2. The highest BCUT2D eigenvalue weighted by Crippen LogP contribution is 2.08. The smallest absolute Gasteiger partial charge is 0.305 e. The summed E-state index contributed by atoms with van der Waals surface area (Å²) < 4.78 is 0. The third-order valence-electron chi connectivity index (χ3n) is 3.50. The average Bonchev–Trinajstić information content (AvgIpc) is 2.45. The predicted molar refractivity (Wildman–Crippen MR) is 83.2 cm³/mol. The lowest BCUT2D eigenvalue weighted by Gasteiger charge is -2.16. The molecule has 1 amide bonds. The molecule has 2 N–H and O–H groups in total. The molecule has 0 aliphatic rings. The van der Waals surface area contributed by atoms with Crippen molar-refractivity contribution in [3.8, 4) is 0 Å². The van der Waals surface area contributed by atoms with Gasteiger partial charge in [-0.2, -0.15) is 0 Å². The van der Waals surface area contributed by atoms with Gasteiger partial charge in [0.2, 0.25) is 5.91 Å². The first-order valence-corrected chi connectivity index (χ1v) is 7.64. The Hall–Kier alpha value is -1.84. The number of hydrogen-bond acceptors (Lipinski definition) is 2. The van der Waals surface area contributed by atoms with Crippen molar-refractivity contribution in [2.45, 2.75) is 58.4 Å². The van der Waals surface area contributed by atoms with Gasteiger partial charge < -0.3 is 10.4 Å². The summed E-state index contributed by atoms with van der Waals surface area (Å²) >= 11 is 0. The Kier molecular flexibility index (Phi) is 7.51. The highest BCUT2D eigenvalue weighted by molar-refractivity contribution is 5.77. The van der Waals surface area contributed by atoms with Gasteiger partial charge >= 0.3 is 5.97 Å². The minimum Gasteiger partial charge on any atom is -0.481 e. The second kappa shape index (κ2) is 9.16. The van der Waals surface area contributed by atoms with E-state index in [2.05, 4.69) is 24.4 Å². The van der Waals surface area contributed by atoms with E-state index in [1.54, 1.807) is 0 Å². The Morgan fingerprint density at radius 1 is 1.14 bits per heavy atom. The molecule has 0 saturated heterocycles. The van der Waals surface area contributed by atoms with E-state index >= 15 is 0 Å². The summed E-state index contributed by atoms with van der Waals surface area (Å²) in [6.45, 7) is 4.09. The van der Waals surface area contributed by atoms with Crippen LogP contribution in [0.3, 0.4) is 0 Å². The number of aryl methyl sites for hydroxylation is 2. The van der Waals surface area contributed by atoms with E-state index in [0.717, 1.165) is 18.4 Å². The molecule has 116 valence electrons. The van der Waals surface area contributed by atoms with Gasteiger partial charge in [-0.25, -0.2) is 0 Å². The first kappa shape index (κ1) is 17.2. The lowest BCUT2D eigenvalue weighted by Crippen LogP contribution is -2.36. The second-order valence-electron chi connectivity index (χ2n) is 5.32. The number of amides is 1. The van der Waals surface area contributed by atoms with Crippen molar-refractivity contribution in [3.05, 3.63) is 35.4 Å². The Morgan fingerprint density at radius 3 is 2.29 bits per heavy atom. The number of rotatable bonds is 9. The van der Waals surface area contributed by atoms with Gasteiger partial charge in [0, 0.05) is 12.5 Å². The van der Waals surface area contributed by atoms with E-state index in [1.165, 1.54) is 5.56 Å². The van der Waals surface area contributed by atoms with Crippen LogP contribution in [-0.2, 0) is 22.4 Å². The molecule has 1 aromatic carbocycles. The lowest BCUT2D eigenvalue weighted by atomic mass is 10.0. The molecule has 0 spiro atoms. The quantitative estimate of drug-likeness (QED) is 0.735. The third-order valence-corrected chi connectivity index (χ3v) is 3.50. The van der Waals surface area contributed by atoms with Gasteiger partial charge in [0.15, 0.2) is 0 Å². The molecule has 4 heteroatoms. The molecule has 0 radical (unpaired) electrons. The van der Waals surface area contributed by atoms with Crippen LogP contribution >= 0.6 is 0 Å². The van der Waals surface area contributed by atoms with Gasteiger partial charge in [0.05, 0.1) is 6.42 Å². The number of nitrogens with one attached hydrogen (secondary N) is 1. The van der Waals surface area contributed by atoms with E-state index < -0.39 is 5.97 Å². The van der Waals surface area contributed by atoms with Crippen molar-refractivity contribution < 1.29 is 14.7 Å². The zero-order chi connectivity index (χ0) is 15.7. The standard InChI is InChI=1S/C17H25NO3/c1-3-5-15(12-17(20)21)18-16(19)11-10-14-8-6-13(4-2)7-9-14/h6-9,15H,3-5,10-12H2,1-2H3,(H,18,19)(H,20,21). The Morgan fingerprint density at radius 2 is 1.76 bits per heavy atom. The third kappa shape index (κ3) is 6.93. The SMILES string of the molecule is CCCC(CC(=O)O)NC(=O)CCc1ccc(CC)cc1. The fraction of sp³-hybridized carbons (Fsp3) is 0.529. The van der Waals surface area contributed by atoms with Gasteiger partial charge in [-0.15, -0.1) is 0 Å². The van der Waals surface area contributed by atoms with Crippen LogP contribution < -0.4 is 5.32 Å². The van der Waals surface area contributed by atoms with Gasteiger partial charge in [-0.3, -0.25) is 9.59 Å².